The van der Waals surface area contributed by atoms with Crippen molar-refractivity contribution in [1.82, 2.24) is 10.2 Å². The van der Waals surface area contributed by atoms with Crippen molar-refractivity contribution < 1.29 is 4.79 Å². The number of Topliss-reactive ketones (excluding diaryl/α,β-unsaturated/α-hetero) is 1. The lowest BCUT2D eigenvalue weighted by Crippen LogP contribution is -2.39. The van der Waals surface area contributed by atoms with Crippen LogP contribution in [0.2, 0.25) is 0 Å². The van der Waals surface area contributed by atoms with Crippen LogP contribution in [0.3, 0.4) is 0 Å². The van der Waals surface area contributed by atoms with Crippen molar-refractivity contribution in [1.29, 1.82) is 0 Å². The van der Waals surface area contributed by atoms with Crippen molar-refractivity contribution in [2.24, 2.45) is 11.8 Å². The minimum absolute atomic E-state index is 0.285. The van der Waals surface area contributed by atoms with E-state index in [1.165, 1.54) is 24.8 Å². The van der Waals surface area contributed by atoms with E-state index in [2.05, 4.69) is 52.7 Å². The third kappa shape index (κ3) is 5.29. The number of piperidine rings is 1. The number of ketones is 1. The van der Waals surface area contributed by atoms with Gasteiger partial charge in [0, 0.05) is 6.04 Å². The topological polar surface area (TPSA) is 32.3 Å². The van der Waals surface area contributed by atoms with Crippen LogP contribution in [0.4, 0.5) is 0 Å². The van der Waals surface area contributed by atoms with Crippen LogP contribution in [0.25, 0.3) is 6.08 Å². The Balaban J connectivity index is 1.32. The molecule has 1 N–H and O–H groups in total. The fraction of sp³-hybridized carbons (Fsp3) is 0.550. The Morgan fingerprint density at radius 2 is 2.00 bits per heavy atom. The lowest BCUT2D eigenvalue weighted by Gasteiger charge is -2.31. The summed E-state index contributed by atoms with van der Waals surface area (Å²) in [5.74, 6) is 1.76. The van der Waals surface area contributed by atoms with Crippen molar-refractivity contribution in [3.05, 3.63) is 42.0 Å². The standard InChI is InChI=1S/C20H28N2O/c1-16(23)15-22-11-9-18(10-12-22)14-21-20-13-19(20)8-7-17-5-3-2-4-6-17/h2-8,18-21H,9-15H2,1H3/b8-7+. The molecule has 1 aliphatic carbocycles. The molecule has 1 saturated heterocycles. The molecule has 2 aliphatic rings. The zero-order chi connectivity index (χ0) is 16.1. The summed E-state index contributed by atoms with van der Waals surface area (Å²) in [4.78, 5) is 13.4. The highest BCUT2D eigenvalue weighted by Crippen LogP contribution is 2.32. The smallest absolute Gasteiger partial charge is 0.143 e. The van der Waals surface area contributed by atoms with Gasteiger partial charge in [0.2, 0.25) is 0 Å². The lowest BCUT2D eigenvalue weighted by molar-refractivity contribution is -0.118. The van der Waals surface area contributed by atoms with E-state index in [4.69, 9.17) is 0 Å². The summed E-state index contributed by atoms with van der Waals surface area (Å²) >= 11 is 0. The predicted molar refractivity (Wildman–Crippen MR) is 95.2 cm³/mol. The van der Waals surface area contributed by atoms with Crippen LogP contribution in [0.1, 0.15) is 31.7 Å². The van der Waals surface area contributed by atoms with E-state index in [-0.39, 0.29) is 5.78 Å². The number of nitrogens with zero attached hydrogens (tertiary/aromatic N) is 1. The Morgan fingerprint density at radius 1 is 1.26 bits per heavy atom. The molecule has 124 valence electrons. The van der Waals surface area contributed by atoms with E-state index in [1.54, 1.807) is 6.92 Å². The van der Waals surface area contributed by atoms with Gasteiger partial charge in [0.05, 0.1) is 6.54 Å². The molecule has 1 aromatic carbocycles. The number of carbonyl (C=O) groups is 1. The highest BCUT2D eigenvalue weighted by Gasteiger charge is 2.34. The molecular weight excluding hydrogens is 284 g/mol. The number of carbonyl (C=O) groups excluding carboxylic acids is 1. The molecule has 2 unspecified atom stereocenters. The SMILES string of the molecule is CC(=O)CN1CCC(CNC2CC2/C=C/c2ccccc2)CC1. The minimum Gasteiger partial charge on any atom is -0.313 e. The zero-order valence-corrected chi connectivity index (χ0v) is 14.1. The molecule has 3 heteroatoms. The van der Waals surface area contributed by atoms with Crippen LogP contribution in [0.5, 0.6) is 0 Å². The van der Waals surface area contributed by atoms with Crippen LogP contribution in [0.15, 0.2) is 36.4 Å². The van der Waals surface area contributed by atoms with Gasteiger partial charge in [-0.25, -0.2) is 0 Å². The molecule has 2 atom stereocenters. The van der Waals surface area contributed by atoms with Gasteiger partial charge in [-0.05, 0) is 63.2 Å². The van der Waals surface area contributed by atoms with E-state index in [0.29, 0.717) is 18.5 Å². The molecule has 2 fully saturated rings. The number of nitrogens with one attached hydrogen (secondary N) is 1. The molecular formula is C20H28N2O. The van der Waals surface area contributed by atoms with Crippen LogP contribution in [0, 0.1) is 11.8 Å². The number of hydrogen-bond donors (Lipinski definition) is 1. The zero-order valence-electron chi connectivity index (χ0n) is 14.1. The predicted octanol–water partition coefficient (Wildman–Crippen LogP) is 2.98. The quantitative estimate of drug-likeness (QED) is 0.840. The molecule has 0 amide bonds. The molecule has 0 bridgehead atoms. The van der Waals surface area contributed by atoms with Gasteiger partial charge in [-0.2, -0.15) is 0 Å². The molecule has 0 radical (unpaired) electrons. The summed E-state index contributed by atoms with van der Waals surface area (Å²) in [5, 5.41) is 3.73. The number of rotatable bonds is 7. The van der Waals surface area contributed by atoms with E-state index >= 15 is 0 Å². The summed E-state index contributed by atoms with van der Waals surface area (Å²) in [6, 6.07) is 11.2. The van der Waals surface area contributed by atoms with Gasteiger partial charge in [-0.1, -0.05) is 42.5 Å². The Hall–Kier alpha value is -1.45. The number of benzene rings is 1. The van der Waals surface area contributed by atoms with E-state index < -0.39 is 0 Å². The second-order valence-electron chi connectivity index (χ2n) is 7.11. The molecule has 1 aromatic rings. The second kappa shape index (κ2) is 7.89. The normalized spacial score (nSPS) is 25.8. The van der Waals surface area contributed by atoms with Crippen LogP contribution in [-0.2, 0) is 4.79 Å². The molecule has 23 heavy (non-hydrogen) atoms. The fourth-order valence-corrected chi connectivity index (χ4v) is 3.44. The van der Waals surface area contributed by atoms with Gasteiger partial charge in [0.1, 0.15) is 5.78 Å². The van der Waals surface area contributed by atoms with E-state index in [9.17, 15) is 4.79 Å². The Kier molecular flexibility index (Phi) is 5.63. The molecule has 0 spiro atoms. The average Bonchev–Trinajstić information content (AvgIpc) is 3.31. The summed E-state index contributed by atoms with van der Waals surface area (Å²) < 4.78 is 0. The Bertz CT molecular complexity index is 532. The third-order valence-corrected chi connectivity index (χ3v) is 5.00. The molecule has 1 heterocycles. The van der Waals surface area contributed by atoms with Gasteiger partial charge in [-0.15, -0.1) is 0 Å². The first-order valence-corrected chi connectivity index (χ1v) is 8.89. The first kappa shape index (κ1) is 16.4. The first-order chi connectivity index (χ1) is 11.2. The maximum Gasteiger partial charge on any atom is 0.143 e. The van der Waals surface area contributed by atoms with E-state index in [0.717, 1.165) is 25.6 Å². The third-order valence-electron chi connectivity index (χ3n) is 5.00. The van der Waals surface area contributed by atoms with Gasteiger partial charge < -0.3 is 5.32 Å². The van der Waals surface area contributed by atoms with Gasteiger partial charge >= 0.3 is 0 Å². The average molecular weight is 312 g/mol. The molecule has 1 aliphatic heterocycles. The second-order valence-corrected chi connectivity index (χ2v) is 7.11. The van der Waals surface area contributed by atoms with Crippen LogP contribution < -0.4 is 5.32 Å². The molecule has 3 nitrogen and oxygen atoms in total. The molecule has 3 rings (SSSR count). The summed E-state index contributed by atoms with van der Waals surface area (Å²) in [7, 11) is 0. The Labute approximate surface area is 139 Å². The number of hydrogen-bond acceptors (Lipinski definition) is 3. The van der Waals surface area contributed by atoms with Crippen molar-refractivity contribution in [3.8, 4) is 0 Å². The van der Waals surface area contributed by atoms with E-state index in [1.807, 2.05) is 0 Å². The summed E-state index contributed by atoms with van der Waals surface area (Å²) in [6.45, 7) is 5.61. The van der Waals surface area contributed by atoms with Crippen molar-refractivity contribution in [2.45, 2.75) is 32.2 Å². The van der Waals surface area contributed by atoms with Crippen LogP contribution in [-0.4, -0.2) is 42.9 Å². The van der Waals surface area contributed by atoms with Gasteiger partial charge in [0.25, 0.3) is 0 Å². The minimum atomic E-state index is 0.285. The highest BCUT2D eigenvalue weighted by molar-refractivity contribution is 5.77. The number of likely N-dealkylation sites (tertiary alicyclic amines) is 1. The molecule has 0 aromatic heterocycles. The monoisotopic (exact) mass is 312 g/mol. The lowest BCUT2D eigenvalue weighted by atomic mass is 9.96. The van der Waals surface area contributed by atoms with Crippen LogP contribution >= 0.6 is 0 Å². The molecule has 1 saturated carbocycles. The Morgan fingerprint density at radius 3 is 2.70 bits per heavy atom. The van der Waals surface area contributed by atoms with Gasteiger partial charge in [0.15, 0.2) is 0 Å². The van der Waals surface area contributed by atoms with Crippen molar-refractivity contribution in [2.75, 3.05) is 26.2 Å². The van der Waals surface area contributed by atoms with Crippen molar-refractivity contribution in [3.63, 3.8) is 0 Å². The summed E-state index contributed by atoms with van der Waals surface area (Å²) in [5.41, 5.74) is 1.29. The van der Waals surface area contributed by atoms with Crippen molar-refractivity contribution >= 4 is 11.9 Å². The fourth-order valence-electron chi connectivity index (χ4n) is 3.44. The highest BCUT2D eigenvalue weighted by atomic mass is 16.1. The maximum atomic E-state index is 11.2. The first-order valence-electron chi connectivity index (χ1n) is 8.89. The largest absolute Gasteiger partial charge is 0.313 e. The summed E-state index contributed by atoms with van der Waals surface area (Å²) in [6.07, 6.45) is 8.30. The maximum absolute atomic E-state index is 11.2. The van der Waals surface area contributed by atoms with Gasteiger partial charge in [-0.3, -0.25) is 9.69 Å².